The standard InChI is InChI=1S/C16H28N4O/c1-6-12-11-20(10-9-19(12)5)14-8-7-13(17)15(18-14)21-16(2,3)4/h7-8,12H,6,9-11,17H2,1-5H3. The molecule has 0 saturated carbocycles. The van der Waals surface area contributed by atoms with E-state index in [-0.39, 0.29) is 5.60 Å². The third kappa shape index (κ3) is 4.00. The molecule has 2 N–H and O–H groups in total. The van der Waals surface area contributed by atoms with Crippen LogP contribution in [0.5, 0.6) is 5.88 Å². The van der Waals surface area contributed by atoms with E-state index < -0.39 is 0 Å². The molecule has 0 amide bonds. The second-order valence-electron chi connectivity index (χ2n) is 6.77. The largest absolute Gasteiger partial charge is 0.470 e. The van der Waals surface area contributed by atoms with Crippen molar-refractivity contribution in [2.45, 2.75) is 45.8 Å². The van der Waals surface area contributed by atoms with E-state index in [1.54, 1.807) is 0 Å². The van der Waals surface area contributed by atoms with E-state index in [0.29, 0.717) is 17.6 Å². The van der Waals surface area contributed by atoms with Crippen molar-refractivity contribution in [2.24, 2.45) is 0 Å². The normalized spacial score (nSPS) is 20.6. The molecule has 21 heavy (non-hydrogen) atoms. The second kappa shape index (κ2) is 6.10. The highest BCUT2D eigenvalue weighted by Gasteiger charge is 2.24. The van der Waals surface area contributed by atoms with E-state index in [2.05, 4.69) is 28.8 Å². The summed E-state index contributed by atoms with van der Waals surface area (Å²) in [6.07, 6.45) is 1.15. The summed E-state index contributed by atoms with van der Waals surface area (Å²) in [5, 5.41) is 0. The van der Waals surface area contributed by atoms with Gasteiger partial charge in [-0.05, 0) is 46.4 Å². The molecule has 5 nitrogen and oxygen atoms in total. The molecule has 0 aromatic carbocycles. The molecule has 2 heterocycles. The van der Waals surface area contributed by atoms with Gasteiger partial charge in [-0.25, -0.2) is 0 Å². The first-order chi connectivity index (χ1) is 9.80. The van der Waals surface area contributed by atoms with Crippen LogP contribution in [-0.2, 0) is 0 Å². The van der Waals surface area contributed by atoms with Crippen LogP contribution in [0.2, 0.25) is 0 Å². The van der Waals surface area contributed by atoms with Crippen molar-refractivity contribution < 1.29 is 4.74 Å². The molecule has 1 atom stereocenters. The maximum atomic E-state index is 5.99. The smallest absolute Gasteiger partial charge is 0.239 e. The van der Waals surface area contributed by atoms with Crippen LogP contribution >= 0.6 is 0 Å². The summed E-state index contributed by atoms with van der Waals surface area (Å²) in [4.78, 5) is 9.37. The molecule has 0 aliphatic carbocycles. The summed E-state index contributed by atoms with van der Waals surface area (Å²) in [7, 11) is 2.19. The molecular formula is C16H28N4O. The second-order valence-corrected chi connectivity index (χ2v) is 6.77. The van der Waals surface area contributed by atoms with Crippen molar-refractivity contribution >= 4 is 11.5 Å². The number of pyridine rings is 1. The van der Waals surface area contributed by atoms with Crippen LogP contribution in [0, 0.1) is 0 Å². The van der Waals surface area contributed by atoms with Crippen molar-refractivity contribution in [3.8, 4) is 5.88 Å². The van der Waals surface area contributed by atoms with Gasteiger partial charge in [-0.15, -0.1) is 0 Å². The summed E-state index contributed by atoms with van der Waals surface area (Å²) in [6, 6.07) is 4.45. The maximum Gasteiger partial charge on any atom is 0.239 e. The highest BCUT2D eigenvalue weighted by Crippen LogP contribution is 2.27. The van der Waals surface area contributed by atoms with E-state index >= 15 is 0 Å². The molecule has 1 aromatic rings. The molecule has 5 heteroatoms. The number of aromatic nitrogens is 1. The molecule has 118 valence electrons. The zero-order valence-corrected chi connectivity index (χ0v) is 13.9. The first kappa shape index (κ1) is 15.9. The number of hydrogen-bond acceptors (Lipinski definition) is 5. The molecule has 2 rings (SSSR count). The fourth-order valence-corrected chi connectivity index (χ4v) is 2.58. The van der Waals surface area contributed by atoms with Crippen molar-refractivity contribution in [3.05, 3.63) is 12.1 Å². The minimum absolute atomic E-state index is 0.298. The van der Waals surface area contributed by atoms with E-state index in [1.165, 1.54) is 0 Å². The van der Waals surface area contributed by atoms with Crippen molar-refractivity contribution in [1.82, 2.24) is 9.88 Å². The molecule has 1 aromatic heterocycles. The van der Waals surface area contributed by atoms with Gasteiger partial charge in [0.2, 0.25) is 5.88 Å². The minimum atomic E-state index is -0.298. The molecule has 0 bridgehead atoms. The highest BCUT2D eigenvalue weighted by molar-refractivity contribution is 5.55. The quantitative estimate of drug-likeness (QED) is 0.927. The van der Waals surface area contributed by atoms with Gasteiger partial charge < -0.3 is 15.4 Å². The summed E-state index contributed by atoms with van der Waals surface area (Å²) in [5.41, 5.74) is 6.28. The monoisotopic (exact) mass is 292 g/mol. The van der Waals surface area contributed by atoms with Crippen molar-refractivity contribution in [2.75, 3.05) is 37.3 Å². The Hall–Kier alpha value is -1.49. The predicted molar refractivity (Wildman–Crippen MR) is 88.0 cm³/mol. The molecule has 1 aliphatic heterocycles. The zero-order chi connectivity index (χ0) is 15.6. The average Bonchev–Trinajstić information content (AvgIpc) is 2.40. The molecule has 1 unspecified atom stereocenters. The Bertz CT molecular complexity index is 484. The first-order valence-electron chi connectivity index (χ1n) is 7.71. The Morgan fingerprint density at radius 3 is 2.67 bits per heavy atom. The lowest BCUT2D eigenvalue weighted by Crippen LogP contribution is -2.51. The Kier molecular flexibility index (Phi) is 4.61. The molecular weight excluding hydrogens is 264 g/mol. The number of rotatable bonds is 3. The Labute approximate surface area is 128 Å². The summed E-state index contributed by atoms with van der Waals surface area (Å²) in [5.74, 6) is 1.49. The van der Waals surface area contributed by atoms with Gasteiger partial charge >= 0.3 is 0 Å². The average molecular weight is 292 g/mol. The van der Waals surface area contributed by atoms with E-state index in [1.807, 2.05) is 32.9 Å². The van der Waals surface area contributed by atoms with Crippen LogP contribution in [0.1, 0.15) is 34.1 Å². The van der Waals surface area contributed by atoms with Crippen LogP contribution in [0.25, 0.3) is 0 Å². The van der Waals surface area contributed by atoms with Crippen molar-refractivity contribution in [1.29, 1.82) is 0 Å². The predicted octanol–water partition coefficient (Wildman–Crippen LogP) is 2.37. The molecule has 0 radical (unpaired) electrons. The number of hydrogen-bond donors (Lipinski definition) is 1. The minimum Gasteiger partial charge on any atom is -0.470 e. The van der Waals surface area contributed by atoms with Crippen LogP contribution in [-0.4, -0.2) is 48.2 Å². The fraction of sp³-hybridized carbons (Fsp3) is 0.688. The Balaban J connectivity index is 2.19. The van der Waals surface area contributed by atoms with E-state index in [9.17, 15) is 0 Å². The van der Waals surface area contributed by atoms with Gasteiger partial charge in [0.05, 0.1) is 5.69 Å². The van der Waals surface area contributed by atoms with Gasteiger partial charge in [0.15, 0.2) is 0 Å². The summed E-state index contributed by atoms with van der Waals surface area (Å²) in [6.45, 7) is 11.3. The SMILES string of the molecule is CCC1CN(c2ccc(N)c(OC(C)(C)C)n2)CCN1C. The van der Waals surface area contributed by atoms with E-state index in [0.717, 1.165) is 31.9 Å². The van der Waals surface area contributed by atoms with E-state index in [4.69, 9.17) is 10.5 Å². The topological polar surface area (TPSA) is 54.6 Å². The van der Waals surface area contributed by atoms with Gasteiger partial charge in [-0.2, -0.15) is 4.98 Å². The lowest BCUT2D eigenvalue weighted by molar-refractivity contribution is 0.125. The van der Waals surface area contributed by atoms with Gasteiger partial charge in [0.1, 0.15) is 11.4 Å². The number of nitrogen functional groups attached to an aromatic ring is 1. The fourth-order valence-electron chi connectivity index (χ4n) is 2.58. The zero-order valence-electron chi connectivity index (χ0n) is 13.9. The highest BCUT2D eigenvalue weighted by atomic mass is 16.5. The third-order valence-corrected chi connectivity index (χ3v) is 3.85. The van der Waals surface area contributed by atoms with Crippen LogP contribution in [0.3, 0.4) is 0 Å². The first-order valence-corrected chi connectivity index (χ1v) is 7.71. The maximum absolute atomic E-state index is 5.99. The summed E-state index contributed by atoms with van der Waals surface area (Å²) < 4.78 is 5.87. The number of nitrogens with two attached hydrogens (primary N) is 1. The molecule has 1 fully saturated rings. The Morgan fingerprint density at radius 2 is 2.05 bits per heavy atom. The number of ether oxygens (including phenoxy) is 1. The number of nitrogens with zero attached hydrogens (tertiary/aromatic N) is 3. The number of likely N-dealkylation sites (N-methyl/N-ethyl adjacent to an activating group) is 1. The lowest BCUT2D eigenvalue weighted by Gasteiger charge is -2.39. The van der Waals surface area contributed by atoms with Gasteiger partial charge in [-0.1, -0.05) is 6.92 Å². The number of anilines is 2. The van der Waals surface area contributed by atoms with Gasteiger partial charge in [0, 0.05) is 25.7 Å². The molecule has 0 spiro atoms. The van der Waals surface area contributed by atoms with Crippen LogP contribution < -0.4 is 15.4 Å². The van der Waals surface area contributed by atoms with Crippen molar-refractivity contribution in [3.63, 3.8) is 0 Å². The molecule has 1 saturated heterocycles. The third-order valence-electron chi connectivity index (χ3n) is 3.85. The van der Waals surface area contributed by atoms with Crippen LogP contribution in [0.15, 0.2) is 12.1 Å². The Morgan fingerprint density at radius 1 is 1.33 bits per heavy atom. The number of piperazine rings is 1. The van der Waals surface area contributed by atoms with Gasteiger partial charge in [0.25, 0.3) is 0 Å². The van der Waals surface area contributed by atoms with Gasteiger partial charge in [-0.3, -0.25) is 4.90 Å². The summed E-state index contributed by atoms with van der Waals surface area (Å²) >= 11 is 0. The molecule has 1 aliphatic rings. The van der Waals surface area contributed by atoms with Crippen LogP contribution in [0.4, 0.5) is 11.5 Å². The lowest BCUT2D eigenvalue weighted by atomic mass is 10.1.